The summed E-state index contributed by atoms with van der Waals surface area (Å²) in [5.41, 5.74) is -0.165. The van der Waals surface area contributed by atoms with Crippen LogP contribution in [0.5, 0.6) is 0 Å². The van der Waals surface area contributed by atoms with E-state index in [4.69, 9.17) is 9.47 Å². The molecule has 7 nitrogen and oxygen atoms in total. The first-order chi connectivity index (χ1) is 16.6. The Bertz CT molecular complexity index is 651. The molecule has 0 heterocycles. The van der Waals surface area contributed by atoms with Gasteiger partial charge in [-0.25, -0.2) is 0 Å². The summed E-state index contributed by atoms with van der Waals surface area (Å²) >= 11 is 0. The Hall–Kier alpha value is -1.63. The highest BCUT2D eigenvalue weighted by atomic mass is 16.5. The number of carboxylic acid groups (broad SMARTS) is 1. The van der Waals surface area contributed by atoms with Crippen molar-refractivity contribution in [1.82, 2.24) is 0 Å². The monoisotopic (exact) mass is 513 g/mol. The van der Waals surface area contributed by atoms with Gasteiger partial charge in [0.2, 0.25) is 0 Å². The molecule has 7 heteroatoms. The van der Waals surface area contributed by atoms with Crippen molar-refractivity contribution >= 4 is 17.9 Å². The zero-order chi connectivity index (χ0) is 27.8. The van der Waals surface area contributed by atoms with Gasteiger partial charge in [-0.05, 0) is 30.6 Å². The summed E-state index contributed by atoms with van der Waals surface area (Å²) in [5.74, 6) is -1.62. The first kappa shape index (κ1) is 34.4. The molecule has 0 rings (SSSR count). The number of likely N-dealkylation sites (N-methyl/N-ethyl adjacent to an activating group) is 1. The fourth-order valence-electron chi connectivity index (χ4n) is 4.61. The van der Waals surface area contributed by atoms with Gasteiger partial charge in [-0.2, -0.15) is 0 Å². The van der Waals surface area contributed by atoms with Gasteiger partial charge in [0.15, 0.2) is 6.10 Å². The molecule has 0 fully saturated rings. The second-order valence-electron chi connectivity index (χ2n) is 13.0. The van der Waals surface area contributed by atoms with Crippen LogP contribution in [-0.2, 0) is 23.9 Å². The average molecular weight is 514 g/mol. The van der Waals surface area contributed by atoms with Crippen LogP contribution in [0.3, 0.4) is 0 Å². The molecule has 0 aliphatic rings. The predicted molar refractivity (Wildman–Crippen MR) is 142 cm³/mol. The zero-order valence-corrected chi connectivity index (χ0v) is 24.6. The third-order valence-corrected chi connectivity index (χ3v) is 6.45. The third kappa shape index (κ3) is 20.6. The highest BCUT2D eigenvalue weighted by molar-refractivity contribution is 5.71. The van der Waals surface area contributed by atoms with E-state index in [-0.39, 0.29) is 29.2 Å². The fraction of sp³-hybridized carbons (Fsp3) is 0.897. The lowest BCUT2D eigenvalue weighted by Gasteiger charge is -2.30. The summed E-state index contributed by atoms with van der Waals surface area (Å²) in [6, 6.07) is 0. The van der Waals surface area contributed by atoms with Crippen LogP contribution in [0.15, 0.2) is 0 Å². The summed E-state index contributed by atoms with van der Waals surface area (Å²) in [6.07, 6.45) is 11.3. The first-order valence-corrected chi connectivity index (χ1v) is 13.9. The van der Waals surface area contributed by atoms with E-state index in [2.05, 4.69) is 27.7 Å². The molecule has 0 saturated heterocycles. The molecule has 0 aliphatic carbocycles. The van der Waals surface area contributed by atoms with E-state index in [0.29, 0.717) is 30.5 Å². The minimum atomic E-state index is -1.20. The average Bonchev–Trinajstić information content (AvgIpc) is 2.66. The molecule has 0 aromatic carbocycles. The lowest BCUT2D eigenvalue weighted by atomic mass is 9.83. The van der Waals surface area contributed by atoms with Gasteiger partial charge in [-0.15, -0.1) is 0 Å². The van der Waals surface area contributed by atoms with Crippen LogP contribution in [0.2, 0.25) is 0 Å². The Morgan fingerprint density at radius 2 is 1.17 bits per heavy atom. The molecule has 0 saturated carbocycles. The maximum absolute atomic E-state index is 12.5. The van der Waals surface area contributed by atoms with Crippen LogP contribution < -0.4 is 5.11 Å². The molecule has 0 aliphatic heterocycles. The summed E-state index contributed by atoms with van der Waals surface area (Å²) < 4.78 is 11.1. The number of rotatable bonds is 21. The van der Waals surface area contributed by atoms with Gasteiger partial charge in [0.05, 0.1) is 40.6 Å². The third-order valence-electron chi connectivity index (χ3n) is 6.45. The molecule has 0 aromatic heterocycles. The van der Waals surface area contributed by atoms with E-state index < -0.39 is 12.1 Å². The normalized spacial score (nSPS) is 13.3. The fourth-order valence-corrected chi connectivity index (χ4v) is 4.61. The smallest absolute Gasteiger partial charge is 0.306 e. The number of quaternary nitrogens is 1. The van der Waals surface area contributed by atoms with E-state index in [0.717, 1.165) is 32.1 Å². The van der Waals surface area contributed by atoms with E-state index >= 15 is 0 Å². The number of unbranched alkanes of at least 4 members (excludes halogenated alkanes) is 7. The summed E-state index contributed by atoms with van der Waals surface area (Å²) in [7, 11) is 5.82. The highest BCUT2D eigenvalue weighted by Crippen LogP contribution is 2.30. The Morgan fingerprint density at radius 3 is 1.56 bits per heavy atom. The van der Waals surface area contributed by atoms with Gasteiger partial charge in [0.25, 0.3) is 0 Å². The number of aliphatic carboxylic acids is 1. The largest absolute Gasteiger partial charge is 0.550 e. The van der Waals surface area contributed by atoms with Crippen molar-refractivity contribution < 1.29 is 33.4 Å². The van der Waals surface area contributed by atoms with Gasteiger partial charge < -0.3 is 23.9 Å². The van der Waals surface area contributed by atoms with Crippen molar-refractivity contribution in [3.63, 3.8) is 0 Å². The molecule has 0 bridgehead atoms. The Morgan fingerprint density at radius 1 is 0.750 bits per heavy atom. The van der Waals surface area contributed by atoms with Crippen LogP contribution in [0.4, 0.5) is 0 Å². The second-order valence-corrected chi connectivity index (χ2v) is 13.0. The molecule has 0 spiro atoms. The number of carboxylic acids is 1. The van der Waals surface area contributed by atoms with Crippen molar-refractivity contribution in [2.45, 2.75) is 124 Å². The van der Waals surface area contributed by atoms with Crippen molar-refractivity contribution in [2.75, 3.05) is 34.3 Å². The summed E-state index contributed by atoms with van der Waals surface area (Å²) in [5, 5.41) is 11.0. The number of hydrogen-bond acceptors (Lipinski definition) is 6. The number of nitrogens with zero attached hydrogens (tertiary/aromatic N) is 1. The predicted octanol–water partition coefficient (Wildman–Crippen LogP) is 5.04. The van der Waals surface area contributed by atoms with Crippen LogP contribution in [-0.4, -0.2) is 62.8 Å². The molecule has 0 radical (unpaired) electrons. The summed E-state index contributed by atoms with van der Waals surface area (Å²) in [6.45, 7) is 11.2. The van der Waals surface area contributed by atoms with Gasteiger partial charge in [-0.3, -0.25) is 9.59 Å². The van der Waals surface area contributed by atoms with E-state index in [9.17, 15) is 19.5 Å². The number of hydrogen-bond donors (Lipinski definition) is 0. The molecule has 0 N–H and O–H groups in total. The lowest BCUT2D eigenvalue weighted by Crippen LogP contribution is -2.45. The van der Waals surface area contributed by atoms with Crippen molar-refractivity contribution in [1.29, 1.82) is 0 Å². The highest BCUT2D eigenvalue weighted by Gasteiger charge is 2.27. The lowest BCUT2D eigenvalue weighted by molar-refractivity contribution is -0.873. The summed E-state index contributed by atoms with van der Waals surface area (Å²) in [4.78, 5) is 35.2. The minimum Gasteiger partial charge on any atom is -0.550 e. The Kier molecular flexibility index (Phi) is 16.2. The maximum Gasteiger partial charge on any atom is 0.306 e. The Balaban J connectivity index is 4.03. The molecular weight excluding hydrogens is 458 g/mol. The number of ether oxygens (including phenoxy) is 2. The van der Waals surface area contributed by atoms with E-state index in [1.165, 1.54) is 32.1 Å². The van der Waals surface area contributed by atoms with Crippen LogP contribution in [0.25, 0.3) is 0 Å². The molecule has 0 aromatic rings. The quantitative estimate of drug-likeness (QED) is 0.121. The van der Waals surface area contributed by atoms with Crippen LogP contribution in [0, 0.1) is 10.8 Å². The van der Waals surface area contributed by atoms with Gasteiger partial charge in [0, 0.05) is 12.4 Å². The molecule has 36 heavy (non-hydrogen) atoms. The molecule has 212 valence electrons. The van der Waals surface area contributed by atoms with E-state index in [1.54, 1.807) is 0 Å². The standard InChI is InChI=1S/C29H55NO6/c1-9-35-26(33)21-28(2,3)18-16-14-12-10-11-13-15-17-19-29(4,5)22-27(34)36-24(20-25(31)32)23-30(6,7)8/h24H,9-23H2,1-8H3/t24-/m1/s1. The maximum atomic E-state index is 12.5. The van der Waals surface area contributed by atoms with Crippen molar-refractivity contribution in [3.05, 3.63) is 0 Å². The molecule has 0 unspecified atom stereocenters. The number of esters is 2. The molecule has 1 atom stereocenters. The van der Waals surface area contributed by atoms with Crippen LogP contribution in [0.1, 0.15) is 118 Å². The Labute approximate surface area is 220 Å². The second kappa shape index (κ2) is 17.0. The topological polar surface area (TPSA) is 92.7 Å². The number of carbonyl (C=O) groups excluding carboxylic acids is 3. The van der Waals surface area contributed by atoms with Gasteiger partial charge >= 0.3 is 11.9 Å². The minimum absolute atomic E-state index is 0.00562. The van der Waals surface area contributed by atoms with Crippen LogP contribution >= 0.6 is 0 Å². The van der Waals surface area contributed by atoms with Gasteiger partial charge in [-0.1, -0.05) is 79.1 Å². The zero-order valence-electron chi connectivity index (χ0n) is 24.6. The SMILES string of the molecule is CCOC(=O)CC(C)(C)CCCCCCCCCCC(C)(C)CC(=O)O[C@H](CC(=O)[O-])C[N+](C)(C)C. The molecule has 0 amide bonds. The van der Waals surface area contributed by atoms with Crippen molar-refractivity contribution in [2.24, 2.45) is 10.8 Å². The van der Waals surface area contributed by atoms with Gasteiger partial charge in [0.1, 0.15) is 6.54 Å². The van der Waals surface area contributed by atoms with E-state index in [1.807, 2.05) is 28.1 Å². The first-order valence-electron chi connectivity index (χ1n) is 13.9. The molecular formula is C29H55NO6. The number of carbonyl (C=O) groups is 3. The van der Waals surface area contributed by atoms with Crippen molar-refractivity contribution in [3.8, 4) is 0 Å².